The van der Waals surface area contributed by atoms with E-state index < -0.39 is 11.9 Å². The molecular weight excluding hydrogens is 494 g/mol. The van der Waals surface area contributed by atoms with Crippen molar-refractivity contribution >= 4 is 23.4 Å². The van der Waals surface area contributed by atoms with Crippen molar-refractivity contribution in [1.82, 2.24) is 5.32 Å². The van der Waals surface area contributed by atoms with Gasteiger partial charge >= 0.3 is 5.97 Å². The van der Waals surface area contributed by atoms with Crippen molar-refractivity contribution in [1.29, 1.82) is 0 Å². The van der Waals surface area contributed by atoms with Crippen LogP contribution in [0, 0.1) is 0 Å². The van der Waals surface area contributed by atoms with E-state index in [9.17, 15) is 9.59 Å². The van der Waals surface area contributed by atoms with E-state index in [0.29, 0.717) is 59.4 Å². The van der Waals surface area contributed by atoms with Gasteiger partial charge in [0.1, 0.15) is 6.61 Å². The lowest BCUT2D eigenvalue weighted by atomic mass is 9.71. The Morgan fingerprint density at radius 3 is 2.51 bits per heavy atom. The number of hydrogen-bond acceptors (Lipinski definition) is 7. The summed E-state index contributed by atoms with van der Waals surface area (Å²) in [4.78, 5) is 27.0. The number of Topliss-reactive ketones (excluding diaryl/α,β-unsaturated/α-hetero) is 1. The highest BCUT2D eigenvalue weighted by Gasteiger charge is 2.41. The molecule has 2 aliphatic rings. The van der Waals surface area contributed by atoms with Crippen LogP contribution >= 0.6 is 11.6 Å². The van der Waals surface area contributed by atoms with Gasteiger partial charge in [0.15, 0.2) is 17.3 Å². The van der Waals surface area contributed by atoms with Gasteiger partial charge in [-0.15, -0.1) is 0 Å². The molecule has 1 heterocycles. The third-order valence-electron chi connectivity index (χ3n) is 6.77. The van der Waals surface area contributed by atoms with Crippen LogP contribution in [0.1, 0.15) is 49.7 Å². The van der Waals surface area contributed by atoms with E-state index in [-0.39, 0.29) is 18.3 Å². The number of rotatable bonds is 9. The molecule has 2 aromatic carbocycles. The van der Waals surface area contributed by atoms with Crippen LogP contribution in [0.4, 0.5) is 0 Å². The van der Waals surface area contributed by atoms with Crippen molar-refractivity contribution in [2.75, 3.05) is 34.0 Å². The molecule has 0 saturated heterocycles. The Morgan fingerprint density at radius 2 is 1.81 bits per heavy atom. The predicted molar refractivity (Wildman–Crippen MR) is 141 cm³/mol. The number of ketones is 1. The molecule has 0 radical (unpaired) electrons. The molecule has 0 saturated carbocycles. The molecule has 7 nitrogen and oxygen atoms in total. The number of hydrogen-bond donors (Lipinski definition) is 1. The van der Waals surface area contributed by atoms with E-state index in [1.54, 1.807) is 26.4 Å². The fourth-order valence-electron chi connectivity index (χ4n) is 5.09. The summed E-state index contributed by atoms with van der Waals surface area (Å²) in [6.07, 6.45) is 0.913. The first-order valence-corrected chi connectivity index (χ1v) is 12.7. The number of methoxy groups -OCH3 is 2. The molecule has 2 aromatic rings. The Hall–Kier alpha value is -3.29. The van der Waals surface area contributed by atoms with Crippen LogP contribution in [0.15, 0.2) is 65.0 Å². The topological polar surface area (TPSA) is 83.1 Å². The minimum atomic E-state index is -0.576. The summed E-state index contributed by atoms with van der Waals surface area (Å²) in [5.74, 6) is 0.131. The van der Waals surface area contributed by atoms with Gasteiger partial charge in [0, 0.05) is 40.9 Å². The molecule has 2 atom stereocenters. The van der Waals surface area contributed by atoms with Gasteiger partial charge in [-0.05, 0) is 61.6 Å². The molecule has 0 amide bonds. The average molecular weight is 526 g/mol. The molecule has 1 aliphatic carbocycles. The summed E-state index contributed by atoms with van der Waals surface area (Å²) in [6, 6.07) is 13.0. The highest BCUT2D eigenvalue weighted by Crippen LogP contribution is 2.46. The Bertz CT molecular complexity index is 1250. The standard InChI is InChI=1S/C29H32ClNO6/c1-5-36-11-12-37-29(33)26-17(2)31-22-14-20(18-9-10-24(34-3)25(16-18)35-4)15-23(32)28(22)27(26)19-7-6-8-21(30)13-19/h6-10,13,16,20,27,31H,5,11-12,14-15H2,1-4H3. The quantitative estimate of drug-likeness (QED) is 0.351. The lowest BCUT2D eigenvalue weighted by Crippen LogP contribution is -2.36. The molecular formula is C29H32ClNO6. The predicted octanol–water partition coefficient (Wildman–Crippen LogP) is 5.30. The lowest BCUT2D eigenvalue weighted by molar-refractivity contribution is -0.140. The maximum absolute atomic E-state index is 13.8. The van der Waals surface area contributed by atoms with Crippen LogP contribution in [-0.4, -0.2) is 45.8 Å². The fourth-order valence-corrected chi connectivity index (χ4v) is 5.29. The summed E-state index contributed by atoms with van der Waals surface area (Å²) in [5.41, 5.74) is 4.23. The second-order valence-electron chi connectivity index (χ2n) is 9.02. The molecule has 37 heavy (non-hydrogen) atoms. The fraction of sp³-hybridized carbons (Fsp3) is 0.379. The van der Waals surface area contributed by atoms with Crippen LogP contribution in [0.25, 0.3) is 0 Å². The SMILES string of the molecule is CCOCCOC(=O)C1=C(C)NC2=C(C(=O)CC(c3ccc(OC)c(OC)c3)C2)C1c1cccc(Cl)c1. The van der Waals surface area contributed by atoms with Gasteiger partial charge in [0.05, 0.1) is 26.4 Å². The number of nitrogens with one attached hydrogen (secondary N) is 1. The summed E-state index contributed by atoms with van der Waals surface area (Å²) in [7, 11) is 3.19. The number of esters is 1. The largest absolute Gasteiger partial charge is 0.493 e. The number of ether oxygens (including phenoxy) is 4. The lowest BCUT2D eigenvalue weighted by Gasteiger charge is -2.36. The molecule has 4 rings (SSSR count). The van der Waals surface area contributed by atoms with Crippen molar-refractivity contribution in [2.45, 2.75) is 38.5 Å². The first-order chi connectivity index (χ1) is 17.9. The van der Waals surface area contributed by atoms with E-state index in [0.717, 1.165) is 16.8 Å². The van der Waals surface area contributed by atoms with Gasteiger partial charge in [0.25, 0.3) is 0 Å². The van der Waals surface area contributed by atoms with Gasteiger partial charge < -0.3 is 24.3 Å². The van der Waals surface area contributed by atoms with Crippen LogP contribution in [-0.2, 0) is 19.1 Å². The number of carbonyl (C=O) groups is 2. The van der Waals surface area contributed by atoms with E-state index in [1.807, 2.05) is 44.2 Å². The van der Waals surface area contributed by atoms with Gasteiger partial charge in [0.2, 0.25) is 0 Å². The normalized spacial score (nSPS) is 19.3. The third-order valence-corrected chi connectivity index (χ3v) is 7.01. The maximum atomic E-state index is 13.8. The molecule has 0 bridgehead atoms. The second kappa shape index (κ2) is 11.8. The zero-order chi connectivity index (χ0) is 26.5. The zero-order valence-electron chi connectivity index (χ0n) is 21.6. The molecule has 0 fully saturated rings. The van der Waals surface area contributed by atoms with Crippen molar-refractivity contribution in [3.63, 3.8) is 0 Å². The number of allylic oxidation sites excluding steroid dienone is 3. The minimum absolute atomic E-state index is 0.0226. The molecule has 1 aliphatic heterocycles. The van der Waals surface area contributed by atoms with Gasteiger partial charge in [-0.3, -0.25) is 4.79 Å². The van der Waals surface area contributed by atoms with Crippen molar-refractivity contribution < 1.29 is 28.5 Å². The van der Waals surface area contributed by atoms with Crippen molar-refractivity contribution in [2.24, 2.45) is 0 Å². The number of benzene rings is 2. The molecule has 1 N–H and O–H groups in total. The summed E-state index contributed by atoms with van der Waals surface area (Å²) >= 11 is 6.33. The van der Waals surface area contributed by atoms with Crippen molar-refractivity contribution in [3.05, 3.63) is 81.2 Å². The van der Waals surface area contributed by atoms with Crippen LogP contribution in [0.3, 0.4) is 0 Å². The van der Waals surface area contributed by atoms with Gasteiger partial charge in [-0.1, -0.05) is 29.8 Å². The zero-order valence-corrected chi connectivity index (χ0v) is 22.3. The number of carbonyl (C=O) groups excluding carboxylic acids is 2. The molecule has 2 unspecified atom stereocenters. The Kier molecular flexibility index (Phi) is 8.56. The minimum Gasteiger partial charge on any atom is -0.493 e. The monoisotopic (exact) mass is 525 g/mol. The van der Waals surface area contributed by atoms with Crippen LogP contribution in [0.5, 0.6) is 11.5 Å². The molecule has 0 aromatic heterocycles. The molecule has 8 heteroatoms. The summed E-state index contributed by atoms with van der Waals surface area (Å²) in [6.45, 7) is 4.70. The summed E-state index contributed by atoms with van der Waals surface area (Å²) in [5, 5.41) is 3.90. The third kappa shape index (κ3) is 5.68. The first kappa shape index (κ1) is 26.8. The number of halogens is 1. The van der Waals surface area contributed by atoms with E-state index >= 15 is 0 Å². The van der Waals surface area contributed by atoms with E-state index in [4.69, 9.17) is 30.5 Å². The highest BCUT2D eigenvalue weighted by molar-refractivity contribution is 6.30. The number of dihydropyridines is 1. The maximum Gasteiger partial charge on any atom is 0.336 e. The van der Waals surface area contributed by atoms with E-state index in [2.05, 4.69) is 5.32 Å². The highest BCUT2D eigenvalue weighted by atomic mass is 35.5. The average Bonchev–Trinajstić information content (AvgIpc) is 2.89. The van der Waals surface area contributed by atoms with Gasteiger partial charge in [-0.25, -0.2) is 4.79 Å². The Balaban J connectivity index is 1.71. The van der Waals surface area contributed by atoms with E-state index in [1.165, 1.54) is 0 Å². The molecule has 196 valence electrons. The Morgan fingerprint density at radius 1 is 1.03 bits per heavy atom. The van der Waals surface area contributed by atoms with Crippen molar-refractivity contribution in [3.8, 4) is 11.5 Å². The summed E-state index contributed by atoms with van der Waals surface area (Å²) < 4.78 is 21.7. The second-order valence-corrected chi connectivity index (χ2v) is 9.46. The molecule has 0 spiro atoms. The van der Waals surface area contributed by atoms with Crippen LogP contribution < -0.4 is 14.8 Å². The Labute approximate surface area is 222 Å². The van der Waals surface area contributed by atoms with Gasteiger partial charge in [-0.2, -0.15) is 0 Å². The van der Waals surface area contributed by atoms with Crippen LogP contribution in [0.2, 0.25) is 5.02 Å². The first-order valence-electron chi connectivity index (χ1n) is 12.3. The smallest absolute Gasteiger partial charge is 0.336 e.